The van der Waals surface area contributed by atoms with Gasteiger partial charge in [-0.3, -0.25) is 4.90 Å². The van der Waals surface area contributed by atoms with Crippen LogP contribution in [-0.2, 0) is 0 Å². The van der Waals surface area contributed by atoms with Crippen molar-refractivity contribution in [1.82, 2.24) is 15.1 Å². The average molecular weight is 213 g/mol. The highest BCUT2D eigenvalue weighted by Crippen LogP contribution is 2.06. The van der Waals surface area contributed by atoms with Gasteiger partial charge in [0, 0.05) is 19.1 Å². The fourth-order valence-corrected chi connectivity index (χ4v) is 2.21. The van der Waals surface area contributed by atoms with Crippen molar-refractivity contribution < 1.29 is 0 Å². The maximum absolute atomic E-state index is 3.21. The van der Waals surface area contributed by atoms with Crippen LogP contribution in [0.25, 0.3) is 0 Å². The summed E-state index contributed by atoms with van der Waals surface area (Å²) in [7, 11) is 2.03. The second-order valence-corrected chi connectivity index (χ2v) is 4.78. The number of rotatable bonds is 5. The van der Waals surface area contributed by atoms with Gasteiger partial charge in [0.2, 0.25) is 0 Å². The van der Waals surface area contributed by atoms with E-state index in [4.69, 9.17) is 0 Å². The molecular formula is C12H27N3. The molecule has 0 radical (unpaired) electrons. The molecule has 90 valence electrons. The molecule has 1 N–H and O–H groups in total. The van der Waals surface area contributed by atoms with Crippen molar-refractivity contribution in [2.24, 2.45) is 0 Å². The van der Waals surface area contributed by atoms with Gasteiger partial charge >= 0.3 is 0 Å². The van der Waals surface area contributed by atoms with E-state index < -0.39 is 0 Å². The quantitative estimate of drug-likeness (QED) is 0.688. The van der Waals surface area contributed by atoms with Crippen LogP contribution in [-0.4, -0.2) is 62.2 Å². The van der Waals surface area contributed by atoms with E-state index in [-0.39, 0.29) is 0 Å². The number of hydrogen-bond acceptors (Lipinski definition) is 3. The lowest BCUT2D eigenvalue weighted by atomic mass is 10.3. The van der Waals surface area contributed by atoms with Crippen molar-refractivity contribution in [1.29, 1.82) is 0 Å². The van der Waals surface area contributed by atoms with Gasteiger partial charge < -0.3 is 10.2 Å². The number of hydrogen-bond donors (Lipinski definition) is 1. The highest BCUT2D eigenvalue weighted by atomic mass is 15.2. The summed E-state index contributed by atoms with van der Waals surface area (Å²) in [5, 5.41) is 3.21. The minimum atomic E-state index is 0.710. The van der Waals surface area contributed by atoms with Crippen LogP contribution in [0, 0.1) is 0 Å². The van der Waals surface area contributed by atoms with Crippen molar-refractivity contribution in [3.63, 3.8) is 0 Å². The summed E-state index contributed by atoms with van der Waals surface area (Å²) in [6.07, 6.45) is 2.61. The molecule has 0 atom stereocenters. The van der Waals surface area contributed by atoms with Gasteiger partial charge in [0.15, 0.2) is 0 Å². The number of nitrogens with one attached hydrogen (secondary N) is 1. The zero-order valence-corrected chi connectivity index (χ0v) is 10.6. The Balaban J connectivity index is 2.20. The molecule has 0 spiro atoms. The molecule has 1 aliphatic rings. The molecule has 3 heteroatoms. The monoisotopic (exact) mass is 213 g/mol. The summed E-state index contributed by atoms with van der Waals surface area (Å²) in [4.78, 5) is 5.21. The van der Waals surface area contributed by atoms with E-state index in [0.29, 0.717) is 6.04 Å². The van der Waals surface area contributed by atoms with E-state index in [9.17, 15) is 0 Å². The standard InChI is InChI=1S/C12H27N3/c1-12(2)15-9-5-8-14(10-11-15)7-4-6-13-3/h12-13H,4-11H2,1-3H3. The molecule has 1 rings (SSSR count). The Morgan fingerprint density at radius 1 is 1.13 bits per heavy atom. The zero-order chi connectivity index (χ0) is 11.1. The fraction of sp³-hybridized carbons (Fsp3) is 1.00. The second-order valence-electron chi connectivity index (χ2n) is 4.78. The summed E-state index contributed by atoms with van der Waals surface area (Å²) in [5.74, 6) is 0. The van der Waals surface area contributed by atoms with E-state index in [2.05, 4.69) is 29.0 Å². The van der Waals surface area contributed by atoms with Crippen LogP contribution in [0.5, 0.6) is 0 Å². The predicted molar refractivity (Wildman–Crippen MR) is 66.3 cm³/mol. The van der Waals surface area contributed by atoms with Gasteiger partial charge in [0.05, 0.1) is 0 Å². The van der Waals surface area contributed by atoms with Crippen molar-refractivity contribution in [3.05, 3.63) is 0 Å². The molecule has 0 amide bonds. The molecule has 0 aliphatic carbocycles. The van der Waals surface area contributed by atoms with Crippen molar-refractivity contribution >= 4 is 0 Å². The molecule has 3 nitrogen and oxygen atoms in total. The zero-order valence-electron chi connectivity index (χ0n) is 10.6. The first-order chi connectivity index (χ1) is 7.24. The minimum absolute atomic E-state index is 0.710. The van der Waals surface area contributed by atoms with E-state index in [1.807, 2.05) is 7.05 Å². The molecule has 1 heterocycles. The Kier molecular flexibility index (Phi) is 6.22. The highest BCUT2D eigenvalue weighted by Gasteiger charge is 2.15. The Morgan fingerprint density at radius 2 is 1.93 bits per heavy atom. The SMILES string of the molecule is CNCCCN1CCCN(C(C)C)CC1. The third kappa shape index (κ3) is 4.96. The summed E-state index contributed by atoms with van der Waals surface area (Å²) >= 11 is 0. The van der Waals surface area contributed by atoms with E-state index in [0.717, 1.165) is 6.54 Å². The van der Waals surface area contributed by atoms with Gasteiger partial charge in [0.1, 0.15) is 0 Å². The molecule has 0 aromatic heterocycles. The smallest absolute Gasteiger partial charge is 0.0112 e. The molecule has 0 aromatic carbocycles. The van der Waals surface area contributed by atoms with Gasteiger partial charge in [-0.25, -0.2) is 0 Å². The van der Waals surface area contributed by atoms with Crippen LogP contribution in [0.15, 0.2) is 0 Å². The summed E-state index contributed by atoms with van der Waals surface area (Å²) in [6.45, 7) is 12.1. The highest BCUT2D eigenvalue weighted by molar-refractivity contribution is 4.72. The van der Waals surface area contributed by atoms with Gasteiger partial charge in [-0.1, -0.05) is 0 Å². The Bertz CT molecular complexity index is 159. The molecule has 0 saturated carbocycles. The molecule has 15 heavy (non-hydrogen) atoms. The third-order valence-electron chi connectivity index (χ3n) is 3.25. The lowest BCUT2D eigenvalue weighted by Gasteiger charge is -2.24. The van der Waals surface area contributed by atoms with Gasteiger partial charge in [-0.2, -0.15) is 0 Å². The third-order valence-corrected chi connectivity index (χ3v) is 3.25. The Hall–Kier alpha value is -0.120. The van der Waals surface area contributed by atoms with Gasteiger partial charge in [-0.05, 0) is 59.9 Å². The maximum atomic E-state index is 3.21. The van der Waals surface area contributed by atoms with Crippen LogP contribution < -0.4 is 5.32 Å². The molecule has 1 saturated heterocycles. The van der Waals surface area contributed by atoms with E-state index in [1.54, 1.807) is 0 Å². The lowest BCUT2D eigenvalue weighted by molar-refractivity contribution is 0.219. The number of nitrogens with zero attached hydrogens (tertiary/aromatic N) is 2. The largest absolute Gasteiger partial charge is 0.320 e. The second kappa shape index (κ2) is 7.20. The molecular weight excluding hydrogens is 186 g/mol. The Labute approximate surface area is 94.8 Å². The average Bonchev–Trinajstić information content (AvgIpc) is 2.44. The maximum Gasteiger partial charge on any atom is 0.0112 e. The summed E-state index contributed by atoms with van der Waals surface area (Å²) in [5.41, 5.74) is 0. The first-order valence-corrected chi connectivity index (χ1v) is 6.35. The van der Waals surface area contributed by atoms with Crippen LogP contribution in [0.1, 0.15) is 26.7 Å². The van der Waals surface area contributed by atoms with E-state index in [1.165, 1.54) is 45.6 Å². The summed E-state index contributed by atoms with van der Waals surface area (Å²) < 4.78 is 0. The molecule has 0 bridgehead atoms. The molecule has 0 unspecified atom stereocenters. The van der Waals surface area contributed by atoms with Crippen molar-refractivity contribution in [2.45, 2.75) is 32.7 Å². The van der Waals surface area contributed by atoms with Crippen molar-refractivity contribution in [3.8, 4) is 0 Å². The fourth-order valence-electron chi connectivity index (χ4n) is 2.21. The Morgan fingerprint density at radius 3 is 2.60 bits per heavy atom. The van der Waals surface area contributed by atoms with Crippen LogP contribution in [0.3, 0.4) is 0 Å². The molecule has 1 aliphatic heterocycles. The van der Waals surface area contributed by atoms with Crippen LogP contribution in [0.4, 0.5) is 0 Å². The van der Waals surface area contributed by atoms with Gasteiger partial charge in [-0.15, -0.1) is 0 Å². The van der Waals surface area contributed by atoms with Crippen LogP contribution >= 0.6 is 0 Å². The first kappa shape index (κ1) is 12.9. The summed E-state index contributed by atoms with van der Waals surface area (Å²) in [6, 6.07) is 0.710. The van der Waals surface area contributed by atoms with Crippen molar-refractivity contribution in [2.75, 3.05) is 46.3 Å². The lowest BCUT2D eigenvalue weighted by Crippen LogP contribution is -2.35. The normalized spacial score (nSPS) is 20.8. The first-order valence-electron chi connectivity index (χ1n) is 6.35. The molecule has 1 fully saturated rings. The topological polar surface area (TPSA) is 18.5 Å². The predicted octanol–water partition coefficient (Wildman–Crippen LogP) is 1.01. The molecule has 0 aromatic rings. The van der Waals surface area contributed by atoms with Crippen LogP contribution in [0.2, 0.25) is 0 Å². The van der Waals surface area contributed by atoms with E-state index >= 15 is 0 Å². The minimum Gasteiger partial charge on any atom is -0.320 e. The van der Waals surface area contributed by atoms with Gasteiger partial charge in [0.25, 0.3) is 0 Å².